The van der Waals surface area contributed by atoms with E-state index in [1.54, 1.807) is 23.7 Å². The number of benzene rings is 5. The molecule has 318 valence electrons. The van der Waals surface area contributed by atoms with Crippen molar-refractivity contribution < 1.29 is 32.8 Å². The largest absolute Gasteiger partial charge is 0.463 e. The van der Waals surface area contributed by atoms with Gasteiger partial charge in [0.15, 0.2) is 0 Å². The third kappa shape index (κ3) is 11.6. The van der Waals surface area contributed by atoms with Crippen molar-refractivity contribution in [2.45, 2.75) is 70.0 Å². The third-order valence-electron chi connectivity index (χ3n) is 10.7. The molecular formula is C52H50ClNO7S. The van der Waals surface area contributed by atoms with Gasteiger partial charge in [-0.2, -0.15) is 0 Å². The van der Waals surface area contributed by atoms with Crippen molar-refractivity contribution in [3.8, 4) is 10.6 Å². The second kappa shape index (κ2) is 22.2. The SMILES string of the molecule is C=CCOCc1cc(Cl)c(Cc2ncc(-c3ccco3)s2)cc1[C@@H]1O[C@H](COCc2ccccc2)[C@@H](OCc2ccccc2)[C@H](OCc2ccccc2)[C@H]1OCc1ccccc1. The molecule has 0 amide bonds. The number of aromatic nitrogens is 1. The van der Waals surface area contributed by atoms with Crippen LogP contribution in [0.25, 0.3) is 10.6 Å². The molecule has 8 rings (SSSR count). The average Bonchev–Trinajstić information content (AvgIpc) is 4.03. The lowest BCUT2D eigenvalue weighted by molar-refractivity contribution is -0.275. The zero-order valence-corrected chi connectivity index (χ0v) is 36.0. The van der Waals surface area contributed by atoms with Gasteiger partial charge in [0, 0.05) is 17.6 Å². The Labute approximate surface area is 372 Å². The predicted molar refractivity (Wildman–Crippen MR) is 243 cm³/mol. The molecule has 8 nitrogen and oxygen atoms in total. The standard InChI is InChI=1S/C52H50ClNO7S/c1-2-25-55-35-42-28-44(53)41(29-48-54-30-47(62-48)45-24-15-26-57-45)27-43(42)49-51(59-33-39-20-11-5-12-21-39)52(60-34-40-22-13-6-14-23-40)50(58-32-38-18-9-4-10-19-38)46(61-49)36-56-31-37-16-7-3-8-17-37/h2-24,26-28,30,46,49-52H,1,25,29,31-36H2/t46-,49+,50-,51+,52+/m1/s1. The van der Waals surface area contributed by atoms with Gasteiger partial charge in [-0.1, -0.05) is 145 Å². The monoisotopic (exact) mass is 867 g/mol. The normalized spacial score (nSPS) is 18.8. The van der Waals surface area contributed by atoms with Gasteiger partial charge < -0.3 is 32.8 Å². The summed E-state index contributed by atoms with van der Waals surface area (Å²) in [6.45, 7) is 6.13. The van der Waals surface area contributed by atoms with E-state index in [-0.39, 0.29) is 13.2 Å². The molecule has 2 aromatic heterocycles. The summed E-state index contributed by atoms with van der Waals surface area (Å²) in [6.07, 6.45) is 2.66. The lowest BCUT2D eigenvalue weighted by Crippen LogP contribution is -2.58. The molecule has 0 unspecified atom stereocenters. The molecule has 5 aromatic carbocycles. The first-order valence-electron chi connectivity index (χ1n) is 20.8. The molecular weight excluding hydrogens is 818 g/mol. The van der Waals surface area contributed by atoms with E-state index in [9.17, 15) is 0 Å². The Kier molecular flexibility index (Phi) is 15.6. The molecule has 1 saturated heterocycles. The maximum Gasteiger partial charge on any atom is 0.145 e. The minimum Gasteiger partial charge on any atom is -0.463 e. The van der Waals surface area contributed by atoms with Crippen molar-refractivity contribution in [2.75, 3.05) is 13.2 Å². The summed E-state index contributed by atoms with van der Waals surface area (Å²) in [7, 11) is 0. The fourth-order valence-electron chi connectivity index (χ4n) is 7.58. The van der Waals surface area contributed by atoms with Crippen LogP contribution in [0.4, 0.5) is 0 Å². The number of thiazole rings is 1. The van der Waals surface area contributed by atoms with Crippen LogP contribution in [0, 0.1) is 0 Å². The molecule has 0 spiro atoms. The zero-order chi connectivity index (χ0) is 42.4. The number of rotatable bonds is 21. The molecule has 0 aliphatic carbocycles. The molecule has 0 N–H and O–H groups in total. The summed E-state index contributed by atoms with van der Waals surface area (Å²) in [5.41, 5.74) is 6.76. The van der Waals surface area contributed by atoms with Crippen LogP contribution in [-0.4, -0.2) is 42.6 Å². The van der Waals surface area contributed by atoms with E-state index in [1.807, 2.05) is 97.2 Å². The molecule has 0 bridgehead atoms. The maximum atomic E-state index is 7.34. The van der Waals surface area contributed by atoms with Crippen LogP contribution in [0.5, 0.6) is 0 Å². The lowest BCUT2D eigenvalue weighted by Gasteiger charge is -2.47. The van der Waals surface area contributed by atoms with Crippen LogP contribution in [0.1, 0.15) is 50.1 Å². The van der Waals surface area contributed by atoms with Gasteiger partial charge in [-0.3, -0.25) is 0 Å². The minimum atomic E-state index is -0.658. The van der Waals surface area contributed by atoms with Gasteiger partial charge in [0.25, 0.3) is 0 Å². The van der Waals surface area contributed by atoms with E-state index in [4.69, 9.17) is 49.4 Å². The zero-order valence-electron chi connectivity index (χ0n) is 34.4. The summed E-state index contributed by atoms with van der Waals surface area (Å²) in [6, 6.07) is 48.5. The molecule has 7 aromatic rings. The van der Waals surface area contributed by atoms with E-state index >= 15 is 0 Å². The number of nitrogens with zero attached hydrogens (tertiary/aromatic N) is 1. The van der Waals surface area contributed by atoms with Gasteiger partial charge in [0.05, 0.1) is 62.4 Å². The first-order valence-corrected chi connectivity index (χ1v) is 22.0. The van der Waals surface area contributed by atoms with Gasteiger partial charge >= 0.3 is 0 Å². The maximum absolute atomic E-state index is 7.34. The Morgan fingerprint density at radius 3 is 1.79 bits per heavy atom. The Morgan fingerprint density at radius 1 is 0.629 bits per heavy atom. The fourth-order valence-corrected chi connectivity index (χ4v) is 8.75. The highest BCUT2D eigenvalue weighted by Gasteiger charge is 2.49. The summed E-state index contributed by atoms with van der Waals surface area (Å²) in [5, 5.41) is 1.49. The minimum absolute atomic E-state index is 0.235. The Morgan fingerprint density at radius 2 is 1.21 bits per heavy atom. The van der Waals surface area contributed by atoms with Crippen LogP contribution >= 0.6 is 22.9 Å². The van der Waals surface area contributed by atoms with Crippen molar-refractivity contribution in [3.05, 3.63) is 220 Å². The summed E-state index contributed by atoms with van der Waals surface area (Å²) < 4.78 is 46.7. The van der Waals surface area contributed by atoms with Crippen molar-refractivity contribution in [1.82, 2.24) is 4.98 Å². The van der Waals surface area contributed by atoms with E-state index in [1.165, 1.54) is 0 Å². The summed E-state index contributed by atoms with van der Waals surface area (Å²) in [5.74, 6) is 0.773. The number of hydrogen-bond acceptors (Lipinski definition) is 9. The second-order valence-electron chi connectivity index (χ2n) is 15.1. The van der Waals surface area contributed by atoms with Crippen LogP contribution in [0.3, 0.4) is 0 Å². The first kappa shape index (κ1) is 43.4. The quantitative estimate of drug-likeness (QED) is 0.0522. The van der Waals surface area contributed by atoms with Crippen LogP contribution in [0.15, 0.2) is 175 Å². The fraction of sp³-hybridized carbons (Fsp3) is 0.250. The van der Waals surface area contributed by atoms with Crippen molar-refractivity contribution in [3.63, 3.8) is 0 Å². The molecule has 1 aliphatic rings. The van der Waals surface area contributed by atoms with Crippen LogP contribution < -0.4 is 0 Å². The van der Waals surface area contributed by atoms with Crippen molar-refractivity contribution >= 4 is 22.9 Å². The Balaban J connectivity index is 1.21. The molecule has 10 heteroatoms. The smallest absolute Gasteiger partial charge is 0.145 e. The third-order valence-corrected chi connectivity index (χ3v) is 12.0. The Hall–Kier alpha value is -5.20. The van der Waals surface area contributed by atoms with E-state index in [2.05, 4.69) is 61.2 Å². The van der Waals surface area contributed by atoms with Crippen molar-refractivity contribution in [1.29, 1.82) is 0 Å². The Bertz CT molecular complexity index is 2400. The highest BCUT2D eigenvalue weighted by Crippen LogP contribution is 2.42. The first-order chi connectivity index (χ1) is 30.6. The number of hydrogen-bond donors (Lipinski definition) is 0. The second-order valence-corrected chi connectivity index (χ2v) is 16.6. The van der Waals surface area contributed by atoms with Crippen LogP contribution in [-0.2, 0) is 67.9 Å². The highest BCUT2D eigenvalue weighted by atomic mass is 35.5. The molecule has 5 atom stereocenters. The summed E-state index contributed by atoms with van der Waals surface area (Å²) >= 11 is 8.73. The molecule has 0 radical (unpaired) electrons. The predicted octanol–water partition coefficient (Wildman–Crippen LogP) is 11.8. The van der Waals surface area contributed by atoms with Crippen LogP contribution in [0.2, 0.25) is 5.02 Å². The van der Waals surface area contributed by atoms with E-state index in [0.717, 1.165) is 54.6 Å². The molecule has 1 fully saturated rings. The average molecular weight is 868 g/mol. The van der Waals surface area contributed by atoms with Gasteiger partial charge in [-0.05, 0) is 57.1 Å². The number of ether oxygens (including phenoxy) is 6. The molecule has 62 heavy (non-hydrogen) atoms. The highest BCUT2D eigenvalue weighted by molar-refractivity contribution is 7.15. The molecule has 3 heterocycles. The van der Waals surface area contributed by atoms with E-state index < -0.39 is 30.5 Å². The number of halogens is 1. The lowest BCUT2D eigenvalue weighted by atomic mass is 9.87. The summed E-state index contributed by atoms with van der Waals surface area (Å²) in [4.78, 5) is 5.70. The molecule has 1 aliphatic heterocycles. The van der Waals surface area contributed by atoms with E-state index in [0.29, 0.717) is 44.5 Å². The number of furan rings is 1. The van der Waals surface area contributed by atoms with Gasteiger partial charge in [-0.15, -0.1) is 17.9 Å². The van der Waals surface area contributed by atoms with Gasteiger partial charge in [0.2, 0.25) is 0 Å². The van der Waals surface area contributed by atoms with Gasteiger partial charge in [-0.25, -0.2) is 4.98 Å². The van der Waals surface area contributed by atoms with Gasteiger partial charge in [0.1, 0.15) is 36.3 Å². The van der Waals surface area contributed by atoms with Crippen molar-refractivity contribution in [2.24, 2.45) is 0 Å². The molecule has 0 saturated carbocycles. The topological polar surface area (TPSA) is 81.4 Å².